The van der Waals surface area contributed by atoms with E-state index in [0.29, 0.717) is 19.1 Å². The standard InChI is InChI=1S/C17H24O3/c1-13(2)11-19-8-9-20-12-17(18)16-7-6-14-4-3-5-15(14)10-16/h6-7,10,13H,3-5,8-9,11-12H2,1-2H3. The van der Waals surface area contributed by atoms with Crippen LogP contribution in [-0.4, -0.2) is 32.2 Å². The second kappa shape index (κ2) is 7.55. The number of hydrogen-bond donors (Lipinski definition) is 0. The van der Waals surface area contributed by atoms with Gasteiger partial charge in [0, 0.05) is 12.2 Å². The van der Waals surface area contributed by atoms with Gasteiger partial charge in [0.2, 0.25) is 0 Å². The average Bonchev–Trinajstić information content (AvgIpc) is 2.89. The van der Waals surface area contributed by atoms with Crippen LogP contribution >= 0.6 is 0 Å². The molecule has 0 N–H and O–H groups in total. The smallest absolute Gasteiger partial charge is 0.188 e. The first-order chi connectivity index (χ1) is 9.66. The van der Waals surface area contributed by atoms with Gasteiger partial charge in [-0.25, -0.2) is 0 Å². The van der Waals surface area contributed by atoms with Crippen LogP contribution in [0.4, 0.5) is 0 Å². The van der Waals surface area contributed by atoms with E-state index in [-0.39, 0.29) is 12.4 Å². The molecule has 1 aromatic carbocycles. The molecule has 1 aliphatic rings. The highest BCUT2D eigenvalue weighted by Crippen LogP contribution is 2.22. The van der Waals surface area contributed by atoms with Gasteiger partial charge in [-0.2, -0.15) is 0 Å². The summed E-state index contributed by atoms with van der Waals surface area (Å²) in [4.78, 5) is 12.0. The lowest BCUT2D eigenvalue weighted by atomic mass is 10.0. The number of aryl methyl sites for hydroxylation is 2. The van der Waals surface area contributed by atoms with Gasteiger partial charge in [0.15, 0.2) is 5.78 Å². The number of fused-ring (bicyclic) bond motifs is 1. The summed E-state index contributed by atoms with van der Waals surface area (Å²) in [5, 5.41) is 0. The minimum atomic E-state index is 0.0589. The molecule has 0 fully saturated rings. The molecule has 0 aromatic heterocycles. The molecule has 110 valence electrons. The number of hydrogen-bond acceptors (Lipinski definition) is 3. The molecule has 1 aliphatic carbocycles. The minimum Gasteiger partial charge on any atom is -0.379 e. The summed E-state index contributed by atoms with van der Waals surface area (Å²) in [6, 6.07) is 6.04. The third-order valence-electron chi connectivity index (χ3n) is 3.48. The highest BCUT2D eigenvalue weighted by molar-refractivity contribution is 5.97. The molecule has 0 bridgehead atoms. The van der Waals surface area contributed by atoms with Gasteiger partial charge in [-0.05, 0) is 42.4 Å². The summed E-state index contributed by atoms with van der Waals surface area (Å²) in [5.74, 6) is 0.589. The Labute approximate surface area is 121 Å². The Morgan fingerprint density at radius 1 is 1.15 bits per heavy atom. The Morgan fingerprint density at radius 3 is 2.70 bits per heavy atom. The van der Waals surface area contributed by atoms with E-state index in [1.54, 1.807) is 0 Å². The van der Waals surface area contributed by atoms with Crippen LogP contribution in [0.5, 0.6) is 0 Å². The van der Waals surface area contributed by atoms with E-state index in [1.807, 2.05) is 12.1 Å². The van der Waals surface area contributed by atoms with Crippen molar-refractivity contribution in [2.24, 2.45) is 5.92 Å². The molecular weight excluding hydrogens is 252 g/mol. The van der Waals surface area contributed by atoms with Gasteiger partial charge < -0.3 is 9.47 Å². The van der Waals surface area contributed by atoms with Crippen molar-refractivity contribution < 1.29 is 14.3 Å². The molecule has 0 saturated heterocycles. The van der Waals surface area contributed by atoms with Crippen molar-refractivity contribution in [3.05, 3.63) is 34.9 Å². The van der Waals surface area contributed by atoms with Crippen molar-refractivity contribution >= 4 is 5.78 Å². The summed E-state index contributed by atoms with van der Waals surface area (Å²) < 4.78 is 10.8. The molecule has 0 spiro atoms. The van der Waals surface area contributed by atoms with Gasteiger partial charge in [0.25, 0.3) is 0 Å². The van der Waals surface area contributed by atoms with Crippen molar-refractivity contribution in [1.29, 1.82) is 0 Å². The molecule has 0 aliphatic heterocycles. The van der Waals surface area contributed by atoms with E-state index in [0.717, 1.165) is 25.0 Å². The number of benzene rings is 1. The first-order valence-corrected chi connectivity index (χ1v) is 7.47. The predicted octanol–water partition coefficient (Wildman–Crippen LogP) is 3.05. The maximum Gasteiger partial charge on any atom is 0.188 e. The molecule has 0 atom stereocenters. The first kappa shape index (κ1) is 15.2. The average molecular weight is 276 g/mol. The van der Waals surface area contributed by atoms with Crippen LogP contribution in [0.2, 0.25) is 0 Å². The Kier molecular flexibility index (Phi) is 5.74. The van der Waals surface area contributed by atoms with Crippen LogP contribution in [0.15, 0.2) is 18.2 Å². The van der Waals surface area contributed by atoms with Crippen LogP contribution < -0.4 is 0 Å². The van der Waals surface area contributed by atoms with Crippen LogP contribution in [0, 0.1) is 5.92 Å². The van der Waals surface area contributed by atoms with Gasteiger partial charge in [0.05, 0.1) is 13.2 Å². The monoisotopic (exact) mass is 276 g/mol. The zero-order valence-electron chi connectivity index (χ0n) is 12.5. The van der Waals surface area contributed by atoms with E-state index in [4.69, 9.17) is 9.47 Å². The fourth-order valence-electron chi connectivity index (χ4n) is 2.43. The number of ketones is 1. The van der Waals surface area contributed by atoms with Crippen LogP contribution in [-0.2, 0) is 22.3 Å². The third kappa shape index (κ3) is 4.43. The zero-order valence-corrected chi connectivity index (χ0v) is 12.5. The topological polar surface area (TPSA) is 35.5 Å². The second-order valence-corrected chi connectivity index (χ2v) is 5.78. The third-order valence-corrected chi connectivity index (χ3v) is 3.48. The Bertz CT molecular complexity index is 452. The van der Waals surface area contributed by atoms with Gasteiger partial charge in [-0.15, -0.1) is 0 Å². The molecule has 0 radical (unpaired) electrons. The lowest BCUT2D eigenvalue weighted by molar-refractivity contribution is 0.0364. The molecule has 0 amide bonds. The first-order valence-electron chi connectivity index (χ1n) is 7.47. The van der Waals surface area contributed by atoms with Gasteiger partial charge in [0.1, 0.15) is 6.61 Å². The largest absolute Gasteiger partial charge is 0.379 e. The van der Waals surface area contributed by atoms with Crippen molar-refractivity contribution in [1.82, 2.24) is 0 Å². The number of rotatable bonds is 8. The molecule has 3 heteroatoms. The summed E-state index contributed by atoms with van der Waals surface area (Å²) in [6.07, 6.45) is 3.45. The highest BCUT2D eigenvalue weighted by atomic mass is 16.5. The highest BCUT2D eigenvalue weighted by Gasteiger charge is 2.13. The molecule has 0 saturated carbocycles. The maximum absolute atomic E-state index is 12.0. The summed E-state index contributed by atoms with van der Waals surface area (Å²) >= 11 is 0. The maximum atomic E-state index is 12.0. The lowest BCUT2D eigenvalue weighted by Crippen LogP contribution is -2.14. The Morgan fingerprint density at radius 2 is 1.90 bits per heavy atom. The molecule has 20 heavy (non-hydrogen) atoms. The summed E-state index contributed by atoms with van der Waals surface area (Å²) in [7, 11) is 0. The molecule has 3 nitrogen and oxygen atoms in total. The molecule has 0 heterocycles. The number of carbonyl (C=O) groups excluding carboxylic acids is 1. The molecular formula is C17H24O3. The molecule has 1 aromatic rings. The van der Waals surface area contributed by atoms with E-state index in [1.165, 1.54) is 17.5 Å². The van der Waals surface area contributed by atoms with Crippen LogP contribution in [0.1, 0.15) is 41.8 Å². The van der Waals surface area contributed by atoms with E-state index in [2.05, 4.69) is 19.9 Å². The fourth-order valence-corrected chi connectivity index (χ4v) is 2.43. The van der Waals surface area contributed by atoms with Crippen molar-refractivity contribution in [3.63, 3.8) is 0 Å². The molecule has 0 unspecified atom stereocenters. The van der Waals surface area contributed by atoms with E-state index < -0.39 is 0 Å². The van der Waals surface area contributed by atoms with Crippen molar-refractivity contribution in [3.8, 4) is 0 Å². The SMILES string of the molecule is CC(C)COCCOCC(=O)c1ccc2c(c1)CCC2. The normalized spacial score (nSPS) is 13.8. The van der Waals surface area contributed by atoms with E-state index in [9.17, 15) is 4.79 Å². The Hall–Kier alpha value is -1.19. The lowest BCUT2D eigenvalue weighted by Gasteiger charge is -2.08. The number of ether oxygens (including phenoxy) is 2. The molecule has 2 rings (SSSR count). The Balaban J connectivity index is 1.70. The number of Topliss-reactive ketones (excluding diaryl/α,β-unsaturated/α-hetero) is 1. The van der Waals surface area contributed by atoms with Crippen molar-refractivity contribution in [2.75, 3.05) is 26.4 Å². The number of carbonyl (C=O) groups is 1. The van der Waals surface area contributed by atoms with Crippen molar-refractivity contribution in [2.45, 2.75) is 33.1 Å². The summed E-state index contributed by atoms with van der Waals surface area (Å²) in [5.41, 5.74) is 3.49. The summed E-state index contributed by atoms with van der Waals surface area (Å²) in [6.45, 7) is 6.13. The second-order valence-electron chi connectivity index (χ2n) is 5.78. The van der Waals surface area contributed by atoms with Gasteiger partial charge in [-0.3, -0.25) is 4.79 Å². The predicted molar refractivity (Wildman–Crippen MR) is 79.3 cm³/mol. The minimum absolute atomic E-state index is 0.0589. The zero-order chi connectivity index (χ0) is 14.4. The quantitative estimate of drug-likeness (QED) is 0.541. The fraction of sp³-hybridized carbons (Fsp3) is 0.588. The van der Waals surface area contributed by atoms with Gasteiger partial charge in [-0.1, -0.05) is 26.0 Å². The van der Waals surface area contributed by atoms with E-state index >= 15 is 0 Å². The van der Waals surface area contributed by atoms with Gasteiger partial charge >= 0.3 is 0 Å². The van der Waals surface area contributed by atoms with Crippen LogP contribution in [0.3, 0.4) is 0 Å². The van der Waals surface area contributed by atoms with Crippen LogP contribution in [0.25, 0.3) is 0 Å².